The Hall–Kier alpha value is -0.590. The summed E-state index contributed by atoms with van der Waals surface area (Å²) >= 11 is 5.56. The second-order valence-electron chi connectivity index (χ2n) is 2.80. The third-order valence-corrected chi connectivity index (χ3v) is 2.32. The highest BCUT2D eigenvalue weighted by Crippen LogP contribution is 2.20. The zero-order chi connectivity index (χ0) is 11.4. The maximum Gasteiger partial charge on any atom is 0.280 e. The van der Waals surface area contributed by atoms with E-state index in [4.69, 9.17) is 11.6 Å². The van der Waals surface area contributed by atoms with Crippen LogP contribution in [0.2, 0.25) is 5.15 Å². The standard InChI is InChI=1S/C8H9ClF2N2OS/c1-15(14)12-4-5-2-6(8(10)11)13-7(9)3-5/h2-3,8,12H,4H2,1H3. The average molecular weight is 255 g/mol. The largest absolute Gasteiger partial charge is 0.280 e. The Balaban J connectivity index is 2.84. The molecule has 0 saturated heterocycles. The summed E-state index contributed by atoms with van der Waals surface area (Å²) in [5.41, 5.74) is 0.154. The molecule has 0 radical (unpaired) electrons. The molecule has 1 N–H and O–H groups in total. The minimum atomic E-state index is -2.66. The minimum Gasteiger partial charge on any atom is -0.243 e. The lowest BCUT2D eigenvalue weighted by molar-refractivity contribution is 0.146. The third kappa shape index (κ3) is 4.19. The maximum absolute atomic E-state index is 12.3. The van der Waals surface area contributed by atoms with E-state index < -0.39 is 17.4 Å². The molecule has 0 saturated carbocycles. The molecule has 0 bridgehead atoms. The van der Waals surface area contributed by atoms with Crippen molar-refractivity contribution in [2.75, 3.05) is 6.26 Å². The Bertz CT molecular complexity index is 376. The molecule has 15 heavy (non-hydrogen) atoms. The van der Waals surface area contributed by atoms with Gasteiger partial charge in [0, 0.05) is 12.8 Å². The van der Waals surface area contributed by atoms with Gasteiger partial charge in [0.2, 0.25) is 0 Å². The molecule has 1 rings (SSSR count). The van der Waals surface area contributed by atoms with E-state index in [1.807, 2.05) is 0 Å². The predicted octanol–water partition coefficient (Wildman–Crippen LogP) is 2.06. The molecule has 84 valence electrons. The zero-order valence-corrected chi connectivity index (χ0v) is 9.41. The van der Waals surface area contributed by atoms with Crippen molar-refractivity contribution in [3.8, 4) is 0 Å². The van der Waals surface area contributed by atoms with Gasteiger partial charge in [-0.25, -0.2) is 22.7 Å². The maximum atomic E-state index is 12.3. The lowest BCUT2D eigenvalue weighted by Crippen LogP contribution is -2.15. The van der Waals surface area contributed by atoms with E-state index in [1.165, 1.54) is 18.4 Å². The van der Waals surface area contributed by atoms with Gasteiger partial charge in [0.1, 0.15) is 10.8 Å². The number of hydrogen-bond acceptors (Lipinski definition) is 2. The summed E-state index contributed by atoms with van der Waals surface area (Å²) in [4.78, 5) is 3.47. The van der Waals surface area contributed by atoms with Crippen LogP contribution in [0.5, 0.6) is 0 Å². The Kier molecular flexibility index (Phi) is 4.56. The van der Waals surface area contributed by atoms with Crippen LogP contribution < -0.4 is 4.72 Å². The van der Waals surface area contributed by atoms with Gasteiger partial charge in [-0.1, -0.05) is 11.6 Å². The van der Waals surface area contributed by atoms with Crippen molar-refractivity contribution >= 4 is 22.6 Å². The summed E-state index contributed by atoms with van der Waals surface area (Å²) in [6.45, 7) is 0.213. The van der Waals surface area contributed by atoms with Gasteiger partial charge in [-0.15, -0.1) is 0 Å². The highest BCUT2D eigenvalue weighted by Gasteiger charge is 2.11. The van der Waals surface area contributed by atoms with E-state index in [-0.39, 0.29) is 17.4 Å². The Labute approximate surface area is 93.4 Å². The van der Waals surface area contributed by atoms with Crippen molar-refractivity contribution in [2.24, 2.45) is 0 Å². The smallest absolute Gasteiger partial charge is 0.243 e. The molecule has 0 fully saturated rings. The van der Waals surface area contributed by atoms with E-state index in [9.17, 15) is 13.0 Å². The van der Waals surface area contributed by atoms with Gasteiger partial charge >= 0.3 is 0 Å². The SMILES string of the molecule is CS(=O)NCc1cc(Cl)nc(C(F)F)c1. The minimum absolute atomic E-state index is 0.00600. The summed E-state index contributed by atoms with van der Waals surface area (Å²) in [7, 11) is -1.19. The molecule has 3 nitrogen and oxygen atoms in total. The van der Waals surface area contributed by atoms with Crippen LogP contribution in [0.1, 0.15) is 17.7 Å². The number of nitrogens with zero attached hydrogens (tertiary/aromatic N) is 1. The zero-order valence-electron chi connectivity index (χ0n) is 7.84. The lowest BCUT2D eigenvalue weighted by atomic mass is 10.2. The number of aromatic nitrogens is 1. The Morgan fingerprint density at radius 2 is 2.27 bits per heavy atom. The molecule has 1 aromatic rings. The highest BCUT2D eigenvalue weighted by molar-refractivity contribution is 7.82. The molecule has 0 amide bonds. The second kappa shape index (κ2) is 5.48. The van der Waals surface area contributed by atoms with Crippen LogP contribution in [0.4, 0.5) is 8.78 Å². The van der Waals surface area contributed by atoms with Gasteiger partial charge in [-0.05, 0) is 17.7 Å². The van der Waals surface area contributed by atoms with E-state index in [0.29, 0.717) is 5.56 Å². The van der Waals surface area contributed by atoms with E-state index in [1.54, 1.807) is 0 Å². The van der Waals surface area contributed by atoms with Gasteiger partial charge < -0.3 is 0 Å². The number of pyridine rings is 1. The topological polar surface area (TPSA) is 42.0 Å². The van der Waals surface area contributed by atoms with Crippen molar-refractivity contribution < 1.29 is 13.0 Å². The van der Waals surface area contributed by atoms with Crippen molar-refractivity contribution in [1.82, 2.24) is 9.71 Å². The van der Waals surface area contributed by atoms with Gasteiger partial charge in [-0.2, -0.15) is 0 Å². The fourth-order valence-corrected chi connectivity index (χ4v) is 1.58. The molecule has 1 aromatic heterocycles. The van der Waals surface area contributed by atoms with Crippen LogP contribution in [0.15, 0.2) is 12.1 Å². The van der Waals surface area contributed by atoms with Gasteiger partial charge in [0.25, 0.3) is 6.43 Å². The Morgan fingerprint density at radius 3 is 2.80 bits per heavy atom. The summed E-state index contributed by atoms with van der Waals surface area (Å²) < 4.78 is 38.0. The first-order valence-corrected chi connectivity index (χ1v) is 5.94. The van der Waals surface area contributed by atoms with Gasteiger partial charge in [-0.3, -0.25) is 0 Å². The van der Waals surface area contributed by atoms with Crippen molar-refractivity contribution in [3.63, 3.8) is 0 Å². The number of alkyl halides is 2. The molecular weight excluding hydrogens is 246 g/mol. The third-order valence-electron chi connectivity index (χ3n) is 1.58. The fraction of sp³-hybridized carbons (Fsp3) is 0.375. The number of halogens is 3. The van der Waals surface area contributed by atoms with Crippen LogP contribution >= 0.6 is 11.6 Å². The quantitative estimate of drug-likeness (QED) is 0.836. The normalized spacial score (nSPS) is 13.1. The van der Waals surface area contributed by atoms with E-state index in [0.717, 1.165) is 0 Å². The van der Waals surface area contributed by atoms with E-state index >= 15 is 0 Å². The van der Waals surface area contributed by atoms with Crippen molar-refractivity contribution in [1.29, 1.82) is 0 Å². The molecule has 0 aliphatic carbocycles. The number of rotatable bonds is 4. The van der Waals surface area contributed by atoms with Crippen molar-refractivity contribution in [3.05, 3.63) is 28.5 Å². The molecule has 1 heterocycles. The monoisotopic (exact) mass is 254 g/mol. The molecule has 0 aromatic carbocycles. The average Bonchev–Trinajstić information content (AvgIpc) is 2.13. The molecule has 7 heteroatoms. The summed E-state index contributed by atoms with van der Waals surface area (Å²) in [6.07, 6.45) is -1.20. The first kappa shape index (κ1) is 12.5. The number of hydrogen-bond donors (Lipinski definition) is 1. The van der Waals surface area contributed by atoms with E-state index in [2.05, 4.69) is 9.71 Å². The lowest BCUT2D eigenvalue weighted by Gasteiger charge is -2.05. The molecule has 0 spiro atoms. The second-order valence-corrected chi connectivity index (χ2v) is 4.38. The predicted molar refractivity (Wildman–Crippen MR) is 55.1 cm³/mol. The molecule has 0 aliphatic heterocycles. The van der Waals surface area contributed by atoms with Crippen LogP contribution in [-0.2, 0) is 17.5 Å². The summed E-state index contributed by atoms with van der Waals surface area (Å²) in [6, 6.07) is 2.68. The van der Waals surface area contributed by atoms with Crippen LogP contribution in [0, 0.1) is 0 Å². The molecule has 1 unspecified atom stereocenters. The first-order chi connectivity index (χ1) is 6.99. The first-order valence-electron chi connectivity index (χ1n) is 4.00. The Morgan fingerprint density at radius 1 is 1.60 bits per heavy atom. The van der Waals surface area contributed by atoms with Crippen LogP contribution in [0.25, 0.3) is 0 Å². The molecule has 1 atom stereocenters. The van der Waals surface area contributed by atoms with Crippen LogP contribution in [-0.4, -0.2) is 15.4 Å². The summed E-state index contributed by atoms with van der Waals surface area (Å²) in [5.74, 6) is 0. The van der Waals surface area contributed by atoms with Gasteiger partial charge in [0.05, 0.1) is 11.0 Å². The number of nitrogens with one attached hydrogen (secondary N) is 1. The highest BCUT2D eigenvalue weighted by atomic mass is 35.5. The summed E-state index contributed by atoms with van der Waals surface area (Å²) in [5, 5.41) is 0.00600. The fourth-order valence-electron chi connectivity index (χ4n) is 0.971. The molecular formula is C8H9ClF2N2OS. The molecule has 0 aliphatic rings. The van der Waals surface area contributed by atoms with Crippen molar-refractivity contribution in [2.45, 2.75) is 13.0 Å². The van der Waals surface area contributed by atoms with Crippen LogP contribution in [0.3, 0.4) is 0 Å². The van der Waals surface area contributed by atoms with Gasteiger partial charge in [0.15, 0.2) is 0 Å².